The predicted octanol–water partition coefficient (Wildman–Crippen LogP) is 1.08. The average molecular weight is 244 g/mol. The number of hydrogen-bond donors (Lipinski definition) is 0. The molecule has 0 aliphatic rings. The molecule has 2 aromatic heterocycles. The summed E-state index contributed by atoms with van der Waals surface area (Å²) < 4.78 is 22.4. The molecule has 0 saturated heterocycles. The molecule has 0 radical (unpaired) electrons. The Labute approximate surface area is 91.1 Å². The third-order valence-electron chi connectivity index (χ3n) is 1.77. The number of nitrogens with zero attached hydrogens (tertiary/aromatic N) is 3. The van der Waals surface area contributed by atoms with Crippen LogP contribution in [0.15, 0.2) is 23.6 Å². The van der Waals surface area contributed by atoms with Crippen LogP contribution in [0, 0.1) is 0 Å². The third kappa shape index (κ3) is 1.91. The van der Waals surface area contributed by atoms with E-state index in [1.54, 1.807) is 6.07 Å². The Bertz CT molecular complexity index is 627. The number of aromatic nitrogens is 3. The van der Waals surface area contributed by atoms with Crippen molar-refractivity contribution in [2.45, 2.75) is 5.16 Å². The second kappa shape index (κ2) is 3.39. The molecular weight excluding hydrogens is 238 g/mol. The first kappa shape index (κ1) is 10.3. The van der Waals surface area contributed by atoms with Gasteiger partial charge in [0.25, 0.3) is 0 Å². The van der Waals surface area contributed by atoms with Crippen molar-refractivity contribution in [3.05, 3.63) is 23.6 Å². The maximum absolute atomic E-state index is 11.2. The Hall–Kier alpha value is -1.27. The molecule has 0 N–H and O–H groups in total. The van der Waals surface area contributed by atoms with E-state index in [0.717, 1.165) is 6.26 Å². The Morgan fingerprint density at radius 2 is 2.07 bits per heavy atom. The van der Waals surface area contributed by atoms with E-state index >= 15 is 0 Å². The molecule has 0 fully saturated rings. The van der Waals surface area contributed by atoms with Crippen molar-refractivity contribution in [3.63, 3.8) is 0 Å². The van der Waals surface area contributed by atoms with E-state index in [1.165, 1.54) is 12.4 Å². The molecule has 0 spiro atoms. The number of fused-ring (bicyclic) bond motifs is 1. The first-order chi connectivity index (χ1) is 6.98. The SMILES string of the molecule is CS(=O)(=O)c1ncc2c(Cl)nccc2n1. The lowest BCUT2D eigenvalue weighted by Gasteiger charge is -2.00. The molecule has 0 aromatic carbocycles. The van der Waals surface area contributed by atoms with Crippen molar-refractivity contribution in [2.75, 3.05) is 6.26 Å². The van der Waals surface area contributed by atoms with Gasteiger partial charge in [0.2, 0.25) is 15.0 Å². The summed E-state index contributed by atoms with van der Waals surface area (Å²) >= 11 is 5.78. The van der Waals surface area contributed by atoms with E-state index < -0.39 is 9.84 Å². The Balaban J connectivity index is 2.79. The average Bonchev–Trinajstić information content (AvgIpc) is 2.16. The highest BCUT2D eigenvalue weighted by atomic mass is 35.5. The van der Waals surface area contributed by atoms with Crippen LogP contribution in [-0.2, 0) is 9.84 Å². The van der Waals surface area contributed by atoms with E-state index in [2.05, 4.69) is 15.0 Å². The fourth-order valence-corrected chi connectivity index (χ4v) is 1.80. The molecule has 2 heterocycles. The van der Waals surface area contributed by atoms with Gasteiger partial charge < -0.3 is 0 Å². The van der Waals surface area contributed by atoms with Crippen molar-refractivity contribution in [2.24, 2.45) is 0 Å². The van der Waals surface area contributed by atoms with Crippen molar-refractivity contribution >= 4 is 32.3 Å². The largest absolute Gasteiger partial charge is 0.247 e. The normalized spacial score (nSPS) is 11.9. The summed E-state index contributed by atoms with van der Waals surface area (Å²) in [5, 5.41) is 0.580. The van der Waals surface area contributed by atoms with Gasteiger partial charge in [-0.1, -0.05) is 11.6 Å². The topological polar surface area (TPSA) is 72.8 Å². The Morgan fingerprint density at radius 1 is 1.33 bits per heavy atom. The lowest BCUT2D eigenvalue weighted by Crippen LogP contribution is -2.03. The van der Waals surface area contributed by atoms with Gasteiger partial charge in [0.15, 0.2) is 0 Å². The number of pyridine rings is 1. The first-order valence-corrected chi connectivity index (χ1v) is 6.23. The minimum atomic E-state index is -3.39. The van der Waals surface area contributed by atoms with Gasteiger partial charge in [0, 0.05) is 18.6 Å². The lowest BCUT2D eigenvalue weighted by molar-refractivity contribution is 0.594. The van der Waals surface area contributed by atoms with E-state index in [-0.39, 0.29) is 10.3 Å². The molecule has 0 amide bonds. The minimum absolute atomic E-state index is 0.211. The summed E-state index contributed by atoms with van der Waals surface area (Å²) in [6.45, 7) is 0. The van der Waals surface area contributed by atoms with E-state index in [1.807, 2.05) is 0 Å². The van der Waals surface area contributed by atoms with Crippen LogP contribution in [0.4, 0.5) is 0 Å². The number of rotatable bonds is 1. The zero-order valence-corrected chi connectivity index (χ0v) is 9.25. The van der Waals surface area contributed by atoms with Gasteiger partial charge in [-0.3, -0.25) is 0 Å². The van der Waals surface area contributed by atoms with Crippen molar-refractivity contribution in [3.8, 4) is 0 Å². The standard InChI is InChI=1S/C8H6ClN3O2S/c1-15(13,14)8-11-4-5-6(12-8)2-3-10-7(5)9/h2-4H,1H3. The Kier molecular flexibility index (Phi) is 2.32. The second-order valence-electron chi connectivity index (χ2n) is 2.96. The highest BCUT2D eigenvalue weighted by Gasteiger charge is 2.12. The van der Waals surface area contributed by atoms with Crippen LogP contribution in [-0.4, -0.2) is 29.6 Å². The monoisotopic (exact) mass is 243 g/mol. The molecule has 5 nitrogen and oxygen atoms in total. The summed E-state index contributed by atoms with van der Waals surface area (Å²) in [7, 11) is -3.39. The molecule has 0 atom stereocenters. The highest BCUT2D eigenvalue weighted by molar-refractivity contribution is 7.90. The molecule has 7 heteroatoms. The van der Waals surface area contributed by atoms with Crippen molar-refractivity contribution in [1.29, 1.82) is 0 Å². The van der Waals surface area contributed by atoms with Crippen LogP contribution in [0.5, 0.6) is 0 Å². The van der Waals surface area contributed by atoms with Crippen LogP contribution in [0.3, 0.4) is 0 Å². The van der Waals surface area contributed by atoms with E-state index in [0.29, 0.717) is 10.9 Å². The molecule has 0 unspecified atom stereocenters. The minimum Gasteiger partial charge on any atom is -0.244 e. The molecule has 0 aliphatic heterocycles. The lowest BCUT2D eigenvalue weighted by atomic mass is 10.3. The smallest absolute Gasteiger partial charge is 0.244 e. The predicted molar refractivity (Wildman–Crippen MR) is 55.5 cm³/mol. The summed E-state index contributed by atoms with van der Waals surface area (Å²) in [5.41, 5.74) is 0.463. The summed E-state index contributed by atoms with van der Waals surface area (Å²) in [6.07, 6.45) is 3.87. The number of halogens is 1. The van der Waals surface area contributed by atoms with Crippen LogP contribution in [0.1, 0.15) is 0 Å². The van der Waals surface area contributed by atoms with E-state index in [4.69, 9.17) is 11.6 Å². The summed E-state index contributed by atoms with van der Waals surface area (Å²) in [5.74, 6) is 0. The molecule has 0 saturated carbocycles. The molecule has 78 valence electrons. The molecule has 2 rings (SSSR count). The highest BCUT2D eigenvalue weighted by Crippen LogP contribution is 2.18. The molecular formula is C8H6ClN3O2S. The molecule has 0 bridgehead atoms. The van der Waals surface area contributed by atoms with Gasteiger partial charge in [0.05, 0.1) is 10.9 Å². The second-order valence-corrected chi connectivity index (χ2v) is 5.23. The van der Waals surface area contributed by atoms with Gasteiger partial charge in [-0.15, -0.1) is 0 Å². The van der Waals surface area contributed by atoms with Crippen LogP contribution in [0.25, 0.3) is 10.9 Å². The summed E-state index contributed by atoms with van der Waals surface area (Å²) in [6, 6.07) is 1.58. The van der Waals surface area contributed by atoms with Gasteiger partial charge in [-0.05, 0) is 6.07 Å². The van der Waals surface area contributed by atoms with Crippen molar-refractivity contribution in [1.82, 2.24) is 15.0 Å². The maximum atomic E-state index is 11.2. The van der Waals surface area contributed by atoms with Gasteiger partial charge in [0.1, 0.15) is 5.15 Å². The quantitative estimate of drug-likeness (QED) is 0.554. The van der Waals surface area contributed by atoms with Gasteiger partial charge in [-0.25, -0.2) is 23.4 Å². The third-order valence-corrected chi connectivity index (χ3v) is 2.93. The zero-order valence-electron chi connectivity index (χ0n) is 7.68. The van der Waals surface area contributed by atoms with Crippen molar-refractivity contribution < 1.29 is 8.42 Å². The summed E-state index contributed by atoms with van der Waals surface area (Å²) in [4.78, 5) is 11.4. The maximum Gasteiger partial charge on any atom is 0.247 e. The van der Waals surface area contributed by atoms with Crippen LogP contribution >= 0.6 is 11.6 Å². The number of hydrogen-bond acceptors (Lipinski definition) is 5. The molecule has 2 aromatic rings. The molecule has 0 aliphatic carbocycles. The van der Waals surface area contributed by atoms with Gasteiger partial charge in [-0.2, -0.15) is 0 Å². The van der Waals surface area contributed by atoms with Gasteiger partial charge >= 0.3 is 0 Å². The van der Waals surface area contributed by atoms with E-state index in [9.17, 15) is 8.42 Å². The number of sulfone groups is 1. The zero-order chi connectivity index (χ0) is 11.1. The molecule has 15 heavy (non-hydrogen) atoms. The first-order valence-electron chi connectivity index (χ1n) is 3.96. The van der Waals surface area contributed by atoms with Crippen LogP contribution in [0.2, 0.25) is 5.15 Å². The fraction of sp³-hybridized carbons (Fsp3) is 0.125. The fourth-order valence-electron chi connectivity index (χ4n) is 1.09. The Morgan fingerprint density at radius 3 is 2.73 bits per heavy atom. The van der Waals surface area contributed by atoms with Crippen LogP contribution < -0.4 is 0 Å².